The summed E-state index contributed by atoms with van der Waals surface area (Å²) in [6.45, 7) is 6.45. The number of benzene rings is 2. The van der Waals surface area contributed by atoms with Crippen molar-refractivity contribution < 1.29 is 23.9 Å². The SMILES string of the molecule is COc1cc(C(=O)N2CC[NH+](Cc3cccc(C)c3)CC2)cc(OC)c1OC. The van der Waals surface area contributed by atoms with Gasteiger partial charge in [0.05, 0.1) is 47.5 Å². The molecule has 0 radical (unpaired) electrons. The van der Waals surface area contributed by atoms with Crippen LogP contribution >= 0.6 is 0 Å². The van der Waals surface area contributed by atoms with Crippen LogP contribution < -0.4 is 19.1 Å². The zero-order valence-electron chi connectivity index (χ0n) is 17.1. The summed E-state index contributed by atoms with van der Waals surface area (Å²) < 4.78 is 16.1. The number of methoxy groups -OCH3 is 3. The summed E-state index contributed by atoms with van der Waals surface area (Å²) in [5.41, 5.74) is 3.18. The molecule has 1 N–H and O–H groups in total. The van der Waals surface area contributed by atoms with Crippen LogP contribution in [-0.2, 0) is 6.54 Å². The minimum Gasteiger partial charge on any atom is -0.493 e. The Morgan fingerprint density at radius 1 is 1.00 bits per heavy atom. The zero-order chi connectivity index (χ0) is 20.1. The Balaban J connectivity index is 1.66. The number of carbonyl (C=O) groups excluding carboxylic acids is 1. The lowest BCUT2D eigenvalue weighted by molar-refractivity contribution is -0.917. The molecule has 0 spiro atoms. The number of carbonyl (C=O) groups is 1. The van der Waals surface area contributed by atoms with E-state index >= 15 is 0 Å². The van der Waals surface area contributed by atoms with E-state index in [1.807, 2.05) is 4.90 Å². The molecule has 0 aromatic heterocycles. The smallest absolute Gasteiger partial charge is 0.254 e. The number of nitrogens with zero attached hydrogens (tertiary/aromatic N) is 1. The Hall–Kier alpha value is -2.73. The topological polar surface area (TPSA) is 52.4 Å². The summed E-state index contributed by atoms with van der Waals surface area (Å²) >= 11 is 0. The Morgan fingerprint density at radius 2 is 1.64 bits per heavy atom. The lowest BCUT2D eigenvalue weighted by Gasteiger charge is -2.32. The standard InChI is InChI=1S/C22H28N2O4/c1-16-6-5-7-17(12-16)15-23-8-10-24(11-9-23)22(25)18-13-19(26-2)21(28-4)20(14-18)27-3/h5-7,12-14H,8-11,15H2,1-4H3/p+1. The second-order valence-electron chi connectivity index (χ2n) is 7.12. The van der Waals surface area contributed by atoms with Gasteiger partial charge in [0.1, 0.15) is 6.54 Å². The summed E-state index contributed by atoms with van der Waals surface area (Å²) in [6.07, 6.45) is 0. The van der Waals surface area contributed by atoms with E-state index in [1.165, 1.54) is 16.0 Å². The van der Waals surface area contributed by atoms with Crippen molar-refractivity contribution in [2.24, 2.45) is 0 Å². The molecular weight excluding hydrogens is 356 g/mol. The number of aryl methyl sites for hydroxylation is 1. The van der Waals surface area contributed by atoms with E-state index in [2.05, 4.69) is 31.2 Å². The van der Waals surface area contributed by atoms with Crippen molar-refractivity contribution in [1.82, 2.24) is 4.90 Å². The van der Waals surface area contributed by atoms with E-state index in [0.717, 1.165) is 32.7 Å². The van der Waals surface area contributed by atoms with Gasteiger partial charge in [0.15, 0.2) is 11.5 Å². The van der Waals surface area contributed by atoms with Gasteiger partial charge in [0.25, 0.3) is 5.91 Å². The van der Waals surface area contributed by atoms with Gasteiger partial charge < -0.3 is 24.0 Å². The van der Waals surface area contributed by atoms with Gasteiger partial charge in [-0.1, -0.05) is 29.8 Å². The molecule has 6 heteroatoms. The maximum atomic E-state index is 13.0. The van der Waals surface area contributed by atoms with E-state index in [0.29, 0.717) is 22.8 Å². The second-order valence-corrected chi connectivity index (χ2v) is 7.12. The lowest BCUT2D eigenvalue weighted by Crippen LogP contribution is -3.13. The van der Waals surface area contributed by atoms with E-state index in [1.54, 1.807) is 33.5 Å². The molecule has 0 aliphatic carbocycles. The molecule has 1 saturated heterocycles. The van der Waals surface area contributed by atoms with E-state index < -0.39 is 0 Å². The van der Waals surface area contributed by atoms with Gasteiger partial charge in [0, 0.05) is 11.1 Å². The van der Waals surface area contributed by atoms with Crippen molar-refractivity contribution in [2.75, 3.05) is 47.5 Å². The first-order valence-corrected chi connectivity index (χ1v) is 9.54. The summed E-state index contributed by atoms with van der Waals surface area (Å²) in [7, 11) is 4.66. The highest BCUT2D eigenvalue weighted by atomic mass is 16.5. The summed E-state index contributed by atoms with van der Waals surface area (Å²) in [5.74, 6) is 1.48. The molecule has 0 saturated carbocycles. The number of ether oxygens (including phenoxy) is 3. The third-order valence-electron chi connectivity index (χ3n) is 5.21. The van der Waals surface area contributed by atoms with Crippen LogP contribution in [0.25, 0.3) is 0 Å². The zero-order valence-corrected chi connectivity index (χ0v) is 17.1. The summed E-state index contributed by atoms with van der Waals surface area (Å²) in [6, 6.07) is 12.1. The quantitative estimate of drug-likeness (QED) is 0.820. The molecule has 28 heavy (non-hydrogen) atoms. The number of hydrogen-bond acceptors (Lipinski definition) is 4. The second kappa shape index (κ2) is 8.97. The molecule has 1 heterocycles. The van der Waals surface area contributed by atoms with Crippen LogP contribution in [-0.4, -0.2) is 58.3 Å². The Bertz CT molecular complexity index is 804. The van der Waals surface area contributed by atoms with Crippen molar-refractivity contribution in [2.45, 2.75) is 13.5 Å². The van der Waals surface area contributed by atoms with Crippen LogP contribution in [0.1, 0.15) is 21.5 Å². The fourth-order valence-corrected chi connectivity index (χ4v) is 3.70. The average Bonchev–Trinajstić information content (AvgIpc) is 2.72. The summed E-state index contributed by atoms with van der Waals surface area (Å²) in [5, 5.41) is 0. The highest BCUT2D eigenvalue weighted by Crippen LogP contribution is 2.38. The fraction of sp³-hybridized carbons (Fsp3) is 0.409. The molecule has 1 aliphatic rings. The molecular formula is C22H29N2O4+. The maximum absolute atomic E-state index is 13.0. The van der Waals surface area contributed by atoms with E-state index in [9.17, 15) is 4.79 Å². The first-order valence-electron chi connectivity index (χ1n) is 9.54. The van der Waals surface area contributed by atoms with Crippen molar-refractivity contribution in [3.63, 3.8) is 0 Å². The Kier molecular flexibility index (Phi) is 6.41. The van der Waals surface area contributed by atoms with Gasteiger partial charge in [-0.3, -0.25) is 4.79 Å². The van der Waals surface area contributed by atoms with Gasteiger partial charge >= 0.3 is 0 Å². The maximum Gasteiger partial charge on any atom is 0.254 e. The molecule has 3 rings (SSSR count). The van der Waals surface area contributed by atoms with Gasteiger partial charge in [-0.2, -0.15) is 0 Å². The molecule has 0 bridgehead atoms. The Labute approximate surface area is 166 Å². The number of nitrogens with one attached hydrogen (secondary N) is 1. The minimum atomic E-state index is -0.00569. The van der Waals surface area contributed by atoms with Crippen LogP contribution in [0.5, 0.6) is 17.2 Å². The number of hydrogen-bond donors (Lipinski definition) is 1. The lowest BCUT2D eigenvalue weighted by atomic mass is 10.1. The normalized spacial score (nSPS) is 14.6. The predicted molar refractivity (Wildman–Crippen MR) is 108 cm³/mol. The minimum absolute atomic E-state index is 0.00569. The van der Waals surface area contributed by atoms with Crippen molar-refractivity contribution >= 4 is 5.91 Å². The van der Waals surface area contributed by atoms with Crippen molar-refractivity contribution in [3.05, 3.63) is 53.1 Å². The van der Waals surface area contributed by atoms with Gasteiger partial charge in [-0.25, -0.2) is 0 Å². The third-order valence-corrected chi connectivity index (χ3v) is 5.21. The molecule has 2 aromatic rings. The molecule has 2 aromatic carbocycles. The predicted octanol–water partition coefficient (Wildman–Crippen LogP) is 1.56. The first kappa shape index (κ1) is 20.0. The van der Waals surface area contributed by atoms with Crippen molar-refractivity contribution in [1.29, 1.82) is 0 Å². The van der Waals surface area contributed by atoms with E-state index in [-0.39, 0.29) is 5.91 Å². The number of rotatable bonds is 6. The highest BCUT2D eigenvalue weighted by Gasteiger charge is 2.26. The van der Waals surface area contributed by atoms with Gasteiger partial charge in [0.2, 0.25) is 5.75 Å². The number of amides is 1. The van der Waals surface area contributed by atoms with Crippen LogP contribution in [0.2, 0.25) is 0 Å². The molecule has 1 amide bonds. The molecule has 150 valence electrons. The van der Waals surface area contributed by atoms with Crippen LogP contribution in [0.4, 0.5) is 0 Å². The van der Waals surface area contributed by atoms with Gasteiger partial charge in [-0.05, 0) is 19.1 Å². The van der Waals surface area contributed by atoms with E-state index in [4.69, 9.17) is 14.2 Å². The molecule has 0 atom stereocenters. The monoisotopic (exact) mass is 385 g/mol. The highest BCUT2D eigenvalue weighted by molar-refractivity contribution is 5.95. The number of quaternary nitrogens is 1. The van der Waals surface area contributed by atoms with Crippen LogP contribution in [0, 0.1) is 6.92 Å². The first-order chi connectivity index (χ1) is 13.5. The average molecular weight is 385 g/mol. The Morgan fingerprint density at radius 3 is 2.18 bits per heavy atom. The third kappa shape index (κ3) is 4.39. The molecule has 0 unspecified atom stereocenters. The van der Waals surface area contributed by atoms with Crippen molar-refractivity contribution in [3.8, 4) is 17.2 Å². The molecule has 1 aliphatic heterocycles. The molecule has 1 fully saturated rings. The number of piperazine rings is 1. The fourth-order valence-electron chi connectivity index (χ4n) is 3.70. The molecule has 6 nitrogen and oxygen atoms in total. The largest absolute Gasteiger partial charge is 0.493 e. The van der Waals surface area contributed by atoms with Crippen LogP contribution in [0.3, 0.4) is 0 Å². The van der Waals surface area contributed by atoms with Crippen LogP contribution in [0.15, 0.2) is 36.4 Å². The summed E-state index contributed by atoms with van der Waals surface area (Å²) in [4.78, 5) is 16.4. The van der Waals surface area contributed by atoms with Gasteiger partial charge in [-0.15, -0.1) is 0 Å².